The van der Waals surface area contributed by atoms with Gasteiger partial charge in [0.2, 0.25) is 0 Å². The maximum Gasteiger partial charge on any atom is 3.00 e. The molecule has 0 heterocycles. The predicted octanol–water partition coefficient (Wildman–Crippen LogP) is 17.4. The Hall–Kier alpha value is -3.67. The van der Waals surface area contributed by atoms with Crippen LogP contribution in [0.3, 0.4) is 0 Å². The largest absolute Gasteiger partial charge is 3.00 e. The molecule has 0 radical (unpaired) electrons. The van der Waals surface area contributed by atoms with Gasteiger partial charge in [-0.2, -0.15) is 0 Å². The number of rotatable bonds is 14. The van der Waals surface area contributed by atoms with Gasteiger partial charge in [-0.15, -0.1) is 29.1 Å². The fourth-order valence-corrected chi connectivity index (χ4v) is 7.38. The zero-order chi connectivity index (χ0) is 43.1. The third kappa shape index (κ3) is 15.4. The van der Waals surface area contributed by atoms with E-state index >= 15 is 0 Å². The number of hydrogen-bond donors (Lipinski definition) is 1. The molecule has 0 aromatic heterocycles. The van der Waals surface area contributed by atoms with Gasteiger partial charge >= 0.3 is 25.8 Å². The molecule has 5 heteroatoms. The minimum Gasteiger partial charge on any atom is -0.698 e. The van der Waals surface area contributed by atoms with Crippen LogP contribution in [0.25, 0.3) is 16.4 Å². The van der Waals surface area contributed by atoms with Crippen molar-refractivity contribution in [3.8, 4) is 0 Å². The van der Waals surface area contributed by atoms with Crippen LogP contribution in [0.15, 0.2) is 115 Å². The molecule has 4 nitrogen and oxygen atoms in total. The van der Waals surface area contributed by atoms with Gasteiger partial charge in [0.25, 0.3) is 0 Å². The Balaban J connectivity index is 0.000000352. The summed E-state index contributed by atoms with van der Waals surface area (Å²) in [5, 5.41) is 20.5. The Labute approximate surface area is 379 Å². The molecule has 59 heavy (non-hydrogen) atoms. The molecule has 5 aromatic carbocycles. The number of aliphatic hydroxyl groups is 1. The van der Waals surface area contributed by atoms with Crippen molar-refractivity contribution in [3.05, 3.63) is 176 Å². The van der Waals surface area contributed by atoms with Gasteiger partial charge in [-0.1, -0.05) is 252 Å². The Bertz CT molecular complexity index is 1750. The zero-order valence-corrected chi connectivity index (χ0v) is 40.6. The molecule has 314 valence electrons. The topological polar surface area (TPSA) is 72.2 Å². The first kappa shape index (κ1) is 51.5. The van der Waals surface area contributed by atoms with Crippen molar-refractivity contribution in [3.63, 3.8) is 0 Å². The Morgan fingerprint density at radius 3 is 0.898 bits per heavy atom. The van der Waals surface area contributed by atoms with Crippen LogP contribution < -0.4 is 0 Å². The van der Waals surface area contributed by atoms with Gasteiger partial charge in [-0.3, -0.25) is 0 Å². The molecule has 0 aliphatic rings. The summed E-state index contributed by atoms with van der Waals surface area (Å²) in [5.74, 6) is 2.78. The van der Waals surface area contributed by atoms with E-state index in [1.165, 1.54) is 33.6 Å². The van der Waals surface area contributed by atoms with Gasteiger partial charge in [-0.05, 0) is 46.6 Å². The van der Waals surface area contributed by atoms with E-state index in [0.717, 1.165) is 34.4 Å². The molecule has 5 aromatic rings. The molecule has 0 aliphatic heterocycles. The van der Waals surface area contributed by atoms with E-state index in [1.807, 2.05) is 60.7 Å². The van der Waals surface area contributed by atoms with Crippen molar-refractivity contribution >= 4 is 17.1 Å². The first-order chi connectivity index (χ1) is 27.4. The van der Waals surface area contributed by atoms with Crippen LogP contribution in [-0.2, 0) is 25.8 Å². The molecule has 2 unspecified atom stereocenters. The summed E-state index contributed by atoms with van der Waals surface area (Å²) in [6, 6.07) is 39.3. The second-order valence-corrected chi connectivity index (χ2v) is 17.7. The van der Waals surface area contributed by atoms with E-state index in [4.69, 9.17) is 16.4 Å². The van der Waals surface area contributed by atoms with Crippen LogP contribution in [0.1, 0.15) is 189 Å². The van der Waals surface area contributed by atoms with Gasteiger partial charge in [0.1, 0.15) is 6.10 Å². The van der Waals surface area contributed by atoms with Crippen molar-refractivity contribution < 1.29 is 30.9 Å². The first-order valence-electron chi connectivity index (χ1n) is 21.7. The number of nitrogens with one attached hydrogen (secondary N) is 1. The third-order valence-electron chi connectivity index (χ3n) is 10.7. The molecular formula is C54H74N3OSc. The number of aliphatic hydroxyl groups excluding tert-OH is 1. The van der Waals surface area contributed by atoms with Crippen molar-refractivity contribution in [2.45, 2.75) is 157 Å². The van der Waals surface area contributed by atoms with Crippen LogP contribution in [0.4, 0.5) is 17.1 Å². The zero-order valence-electron chi connectivity index (χ0n) is 38.8. The van der Waals surface area contributed by atoms with Gasteiger partial charge in [-0.25, -0.2) is 0 Å². The summed E-state index contributed by atoms with van der Waals surface area (Å²) in [6.07, 6.45) is 0.436. The van der Waals surface area contributed by atoms with Crippen LogP contribution in [0, 0.1) is 0 Å². The fraction of sp³-hybridized carbons (Fsp3) is 0.444. The second kappa shape index (κ2) is 25.2. The van der Waals surface area contributed by atoms with Gasteiger partial charge in [0.05, 0.1) is 0 Å². The number of para-hydroxylation sites is 2. The molecule has 0 fully saturated rings. The maximum atomic E-state index is 9.99. The Kier molecular flexibility index (Phi) is 22.0. The molecule has 2 atom stereocenters. The normalized spacial score (nSPS) is 12.2. The van der Waals surface area contributed by atoms with E-state index < -0.39 is 6.10 Å². The van der Waals surface area contributed by atoms with Crippen LogP contribution in [0.5, 0.6) is 0 Å². The summed E-state index contributed by atoms with van der Waals surface area (Å²) in [4.78, 5) is 0. The average molecular weight is 826 g/mol. The summed E-state index contributed by atoms with van der Waals surface area (Å²) in [7, 11) is 0. The van der Waals surface area contributed by atoms with Crippen molar-refractivity contribution in [2.75, 3.05) is 0 Å². The Morgan fingerprint density at radius 1 is 0.390 bits per heavy atom. The fourth-order valence-electron chi connectivity index (χ4n) is 7.38. The molecule has 5 rings (SSSR count). The van der Waals surface area contributed by atoms with E-state index in [1.54, 1.807) is 0 Å². The van der Waals surface area contributed by atoms with Crippen molar-refractivity contribution in [1.29, 1.82) is 0 Å². The smallest absolute Gasteiger partial charge is 0.698 e. The molecule has 0 saturated carbocycles. The number of hydrogen-bond acceptors (Lipinski definition) is 1. The minimum absolute atomic E-state index is 0. The molecule has 0 amide bonds. The number of nitrogens with zero attached hydrogens (tertiary/aromatic N) is 2. The standard InChI is InChI=1S/C29H44N2.C13H12O.C12H18N.Sc/c1-18(2)24-13-11-14-25(19(3)4)28(24)30-22(9)17-23(10)31-29-26(20(5)6)15-12-16-27(29)21(7)8;14-13(11-7-3-1-4-8-11)12-9-5-2-6-10-12;1-8(2)10-6-5-7-11(9(3)4)12(10)13;/h11-16,18-23H,17H2,1-10H3;1-10,13-14H;5-9,13H,1-4H3;/q-2;;-1;+3. The third-order valence-corrected chi connectivity index (χ3v) is 10.7. The van der Waals surface area contributed by atoms with E-state index in [9.17, 15) is 5.11 Å². The van der Waals surface area contributed by atoms with Crippen LogP contribution in [-0.4, -0.2) is 17.2 Å². The second-order valence-electron chi connectivity index (χ2n) is 17.7. The van der Waals surface area contributed by atoms with Crippen LogP contribution in [0.2, 0.25) is 0 Å². The first-order valence-corrected chi connectivity index (χ1v) is 21.7. The SMILES string of the molecule is CC(C)c1cccc(C(C)C)c1[NH-].CC(CC(C)[N-]c1c(C(C)C)cccc1C(C)C)[N-]c1c(C(C)C)cccc1C(C)C.OC(c1ccccc1)c1ccccc1.[Sc+3]. The number of benzene rings is 5. The van der Waals surface area contributed by atoms with Crippen molar-refractivity contribution in [2.24, 2.45) is 0 Å². The maximum absolute atomic E-state index is 9.99. The molecule has 2 N–H and O–H groups in total. The molecule has 0 spiro atoms. The summed E-state index contributed by atoms with van der Waals surface area (Å²) >= 11 is 0. The van der Waals surface area contributed by atoms with Crippen LogP contribution >= 0.6 is 0 Å². The van der Waals surface area contributed by atoms with E-state index in [-0.39, 0.29) is 37.9 Å². The minimum atomic E-state index is -0.516. The monoisotopic (exact) mass is 826 g/mol. The van der Waals surface area contributed by atoms with Gasteiger partial charge < -0.3 is 21.5 Å². The summed E-state index contributed by atoms with van der Waals surface area (Å²) in [5.41, 5.74) is 20.8. The molecule has 0 aliphatic carbocycles. The predicted molar refractivity (Wildman–Crippen MR) is 254 cm³/mol. The van der Waals surface area contributed by atoms with Gasteiger partial charge in [0, 0.05) is 0 Å². The molecule has 0 bridgehead atoms. The average Bonchev–Trinajstić information content (AvgIpc) is 3.18. The van der Waals surface area contributed by atoms with Crippen molar-refractivity contribution in [1.82, 2.24) is 0 Å². The summed E-state index contributed by atoms with van der Waals surface area (Å²) < 4.78 is 0. The van der Waals surface area contributed by atoms with E-state index in [0.29, 0.717) is 35.5 Å². The quantitative estimate of drug-likeness (QED) is 0.119. The van der Waals surface area contributed by atoms with Gasteiger partial charge in [0.15, 0.2) is 0 Å². The van der Waals surface area contributed by atoms with E-state index in [2.05, 4.69) is 152 Å². The molecule has 0 saturated heterocycles. The Morgan fingerprint density at radius 2 is 0.644 bits per heavy atom. The summed E-state index contributed by atoms with van der Waals surface area (Å²) in [6.45, 7) is 31.1. The molecular weight excluding hydrogens is 752 g/mol.